The Morgan fingerprint density at radius 1 is 1.35 bits per heavy atom. The molecule has 2 N–H and O–H groups in total. The van der Waals surface area contributed by atoms with Crippen molar-refractivity contribution in [2.24, 2.45) is 5.92 Å². The minimum atomic E-state index is 0.754. The van der Waals surface area contributed by atoms with Crippen molar-refractivity contribution in [1.29, 1.82) is 0 Å². The Kier molecular flexibility index (Phi) is 4.20. The van der Waals surface area contributed by atoms with E-state index in [-0.39, 0.29) is 0 Å². The molecule has 1 aliphatic rings. The summed E-state index contributed by atoms with van der Waals surface area (Å²) in [6.07, 6.45) is 1.29. The van der Waals surface area contributed by atoms with Gasteiger partial charge in [0.1, 0.15) is 11.6 Å². The number of pyridine rings is 1. The second-order valence-electron chi connectivity index (χ2n) is 4.74. The van der Waals surface area contributed by atoms with Gasteiger partial charge in [-0.3, -0.25) is 0 Å². The van der Waals surface area contributed by atoms with E-state index in [4.69, 9.17) is 0 Å². The molecule has 17 heavy (non-hydrogen) atoms. The summed E-state index contributed by atoms with van der Waals surface area (Å²) in [5, 5.41) is 6.65. The molecule has 1 fully saturated rings. The molecule has 4 nitrogen and oxygen atoms in total. The first-order chi connectivity index (χ1) is 8.28. The molecule has 1 aliphatic heterocycles. The van der Waals surface area contributed by atoms with Crippen LogP contribution in [0.5, 0.6) is 0 Å². The quantitative estimate of drug-likeness (QED) is 0.816. The molecule has 0 aromatic carbocycles. The van der Waals surface area contributed by atoms with Crippen molar-refractivity contribution in [3.05, 3.63) is 18.2 Å². The van der Waals surface area contributed by atoms with Gasteiger partial charge in [0, 0.05) is 19.6 Å². The van der Waals surface area contributed by atoms with Crippen LogP contribution in [-0.4, -0.2) is 43.1 Å². The SMILES string of the molecule is CCNc1cccc(NCC2CCN(C)C2)n1. The number of nitrogens with one attached hydrogen (secondary N) is 2. The van der Waals surface area contributed by atoms with E-state index in [0.717, 1.165) is 30.6 Å². The summed E-state index contributed by atoms with van der Waals surface area (Å²) in [5.74, 6) is 2.67. The molecule has 0 spiro atoms. The Morgan fingerprint density at radius 2 is 2.12 bits per heavy atom. The van der Waals surface area contributed by atoms with Crippen molar-refractivity contribution in [3.63, 3.8) is 0 Å². The molecule has 0 aliphatic carbocycles. The molecule has 1 aromatic rings. The fourth-order valence-electron chi connectivity index (χ4n) is 2.25. The summed E-state index contributed by atoms with van der Waals surface area (Å²) < 4.78 is 0. The van der Waals surface area contributed by atoms with E-state index in [9.17, 15) is 0 Å². The van der Waals surface area contributed by atoms with Crippen LogP contribution in [0.1, 0.15) is 13.3 Å². The molecule has 94 valence electrons. The molecule has 1 atom stereocenters. The molecule has 2 heterocycles. The third-order valence-corrected chi connectivity index (χ3v) is 3.17. The van der Waals surface area contributed by atoms with Crippen molar-refractivity contribution in [1.82, 2.24) is 9.88 Å². The molecule has 2 rings (SSSR count). The lowest BCUT2D eigenvalue weighted by Crippen LogP contribution is -2.19. The van der Waals surface area contributed by atoms with Crippen molar-refractivity contribution in [2.45, 2.75) is 13.3 Å². The highest BCUT2D eigenvalue weighted by molar-refractivity contribution is 5.44. The van der Waals surface area contributed by atoms with Crippen LogP contribution in [0.4, 0.5) is 11.6 Å². The Morgan fingerprint density at radius 3 is 2.76 bits per heavy atom. The van der Waals surface area contributed by atoms with E-state index in [1.54, 1.807) is 0 Å². The molecule has 0 radical (unpaired) electrons. The standard InChI is InChI=1S/C13H22N4/c1-3-14-12-5-4-6-13(16-12)15-9-11-7-8-17(2)10-11/h4-6,11H,3,7-10H2,1-2H3,(H2,14,15,16). The predicted molar refractivity (Wildman–Crippen MR) is 72.5 cm³/mol. The molecule has 0 saturated carbocycles. The van der Waals surface area contributed by atoms with Crippen LogP contribution >= 0.6 is 0 Å². The van der Waals surface area contributed by atoms with Gasteiger partial charge in [-0.1, -0.05) is 6.07 Å². The maximum absolute atomic E-state index is 4.51. The highest BCUT2D eigenvalue weighted by Crippen LogP contribution is 2.15. The van der Waals surface area contributed by atoms with Crippen LogP contribution < -0.4 is 10.6 Å². The minimum Gasteiger partial charge on any atom is -0.370 e. The van der Waals surface area contributed by atoms with Crippen molar-refractivity contribution < 1.29 is 0 Å². The van der Waals surface area contributed by atoms with Gasteiger partial charge in [-0.2, -0.15) is 0 Å². The van der Waals surface area contributed by atoms with Gasteiger partial charge in [-0.05, 0) is 45.0 Å². The van der Waals surface area contributed by atoms with Gasteiger partial charge in [0.15, 0.2) is 0 Å². The molecular formula is C13H22N4. The van der Waals surface area contributed by atoms with Crippen LogP contribution in [0.2, 0.25) is 0 Å². The van der Waals surface area contributed by atoms with E-state index in [0.29, 0.717) is 0 Å². The Balaban J connectivity index is 1.83. The smallest absolute Gasteiger partial charge is 0.128 e. The van der Waals surface area contributed by atoms with Gasteiger partial charge in [0.25, 0.3) is 0 Å². The van der Waals surface area contributed by atoms with E-state index < -0.39 is 0 Å². The molecular weight excluding hydrogens is 212 g/mol. The fourth-order valence-corrected chi connectivity index (χ4v) is 2.25. The first-order valence-corrected chi connectivity index (χ1v) is 6.41. The van der Waals surface area contributed by atoms with E-state index in [1.807, 2.05) is 18.2 Å². The zero-order valence-corrected chi connectivity index (χ0v) is 10.7. The average Bonchev–Trinajstić information content (AvgIpc) is 2.74. The van der Waals surface area contributed by atoms with Crippen molar-refractivity contribution in [3.8, 4) is 0 Å². The van der Waals surface area contributed by atoms with Crippen molar-refractivity contribution >= 4 is 11.6 Å². The molecule has 1 unspecified atom stereocenters. The molecule has 1 aromatic heterocycles. The van der Waals surface area contributed by atoms with Gasteiger partial charge >= 0.3 is 0 Å². The zero-order valence-electron chi connectivity index (χ0n) is 10.7. The lowest BCUT2D eigenvalue weighted by Gasteiger charge is -2.12. The van der Waals surface area contributed by atoms with Gasteiger partial charge in [-0.25, -0.2) is 4.98 Å². The van der Waals surface area contributed by atoms with E-state index >= 15 is 0 Å². The summed E-state index contributed by atoms with van der Waals surface area (Å²) >= 11 is 0. The number of nitrogens with zero attached hydrogens (tertiary/aromatic N) is 2. The lowest BCUT2D eigenvalue weighted by molar-refractivity contribution is 0.399. The first-order valence-electron chi connectivity index (χ1n) is 6.41. The van der Waals surface area contributed by atoms with Gasteiger partial charge < -0.3 is 15.5 Å². The first kappa shape index (κ1) is 12.2. The predicted octanol–water partition coefficient (Wildman–Crippen LogP) is 1.88. The van der Waals surface area contributed by atoms with Crippen LogP contribution in [-0.2, 0) is 0 Å². The molecule has 0 bridgehead atoms. The third kappa shape index (κ3) is 3.60. The summed E-state index contributed by atoms with van der Waals surface area (Å²) in [4.78, 5) is 6.89. The lowest BCUT2D eigenvalue weighted by atomic mass is 10.1. The highest BCUT2D eigenvalue weighted by Gasteiger charge is 2.18. The summed E-state index contributed by atoms with van der Waals surface area (Å²) in [7, 11) is 2.18. The van der Waals surface area contributed by atoms with Gasteiger partial charge in [-0.15, -0.1) is 0 Å². The van der Waals surface area contributed by atoms with Crippen LogP contribution in [0, 0.1) is 5.92 Å². The van der Waals surface area contributed by atoms with E-state index in [2.05, 4.69) is 34.5 Å². The summed E-state index contributed by atoms with van der Waals surface area (Å²) in [6.45, 7) is 6.42. The largest absolute Gasteiger partial charge is 0.370 e. The van der Waals surface area contributed by atoms with E-state index in [1.165, 1.54) is 19.5 Å². The topological polar surface area (TPSA) is 40.2 Å². The molecule has 4 heteroatoms. The second-order valence-corrected chi connectivity index (χ2v) is 4.74. The molecule has 0 amide bonds. The van der Waals surface area contributed by atoms with Crippen LogP contribution in [0.25, 0.3) is 0 Å². The monoisotopic (exact) mass is 234 g/mol. The Hall–Kier alpha value is -1.29. The van der Waals surface area contributed by atoms with Gasteiger partial charge in [0.2, 0.25) is 0 Å². The molecule has 1 saturated heterocycles. The number of aromatic nitrogens is 1. The average molecular weight is 234 g/mol. The normalized spacial score (nSPS) is 20.5. The maximum Gasteiger partial charge on any atom is 0.128 e. The van der Waals surface area contributed by atoms with Crippen LogP contribution in [0.3, 0.4) is 0 Å². The Labute approximate surface area is 103 Å². The van der Waals surface area contributed by atoms with Crippen molar-refractivity contribution in [2.75, 3.05) is 43.9 Å². The number of hydrogen-bond acceptors (Lipinski definition) is 4. The summed E-state index contributed by atoms with van der Waals surface area (Å²) in [6, 6.07) is 6.06. The second kappa shape index (κ2) is 5.87. The number of hydrogen-bond donors (Lipinski definition) is 2. The minimum absolute atomic E-state index is 0.754. The number of likely N-dealkylation sites (tertiary alicyclic amines) is 1. The Bertz CT molecular complexity index is 353. The van der Waals surface area contributed by atoms with Gasteiger partial charge in [0.05, 0.1) is 0 Å². The highest BCUT2D eigenvalue weighted by atomic mass is 15.1. The third-order valence-electron chi connectivity index (χ3n) is 3.17. The number of rotatable bonds is 5. The maximum atomic E-state index is 4.51. The summed E-state index contributed by atoms with van der Waals surface area (Å²) in [5.41, 5.74) is 0. The number of anilines is 2. The van der Waals surface area contributed by atoms with Crippen LogP contribution in [0.15, 0.2) is 18.2 Å². The zero-order chi connectivity index (χ0) is 12.1. The fraction of sp³-hybridized carbons (Fsp3) is 0.615.